The molecule has 0 bridgehead atoms. The van der Waals surface area contributed by atoms with Crippen LogP contribution >= 0.6 is 0 Å². The van der Waals surface area contributed by atoms with Crippen LogP contribution in [0.1, 0.15) is 55.6 Å². The van der Waals surface area contributed by atoms with E-state index in [1.54, 1.807) is 6.92 Å². The van der Waals surface area contributed by atoms with Gasteiger partial charge in [0.05, 0.1) is 0 Å². The molecule has 4 nitrogen and oxygen atoms in total. The molecule has 2 N–H and O–H groups in total. The van der Waals surface area contributed by atoms with Gasteiger partial charge in [-0.15, -0.1) is 0 Å². The monoisotopic (exact) mass is 338 g/mol. The number of amides is 2. The zero-order valence-corrected chi connectivity index (χ0v) is 15.6. The first-order valence-corrected chi connectivity index (χ1v) is 8.53. The highest BCUT2D eigenvalue weighted by Gasteiger charge is 2.15. The molecule has 25 heavy (non-hydrogen) atoms. The maximum atomic E-state index is 12.5. The summed E-state index contributed by atoms with van der Waals surface area (Å²) in [5, 5.41) is 5.77. The number of carbonyl (C=O) groups is 2. The Morgan fingerprint density at radius 2 is 1.48 bits per heavy atom. The van der Waals surface area contributed by atoms with E-state index in [1.807, 2.05) is 49.4 Å². The van der Waals surface area contributed by atoms with Crippen molar-refractivity contribution in [1.29, 1.82) is 0 Å². The maximum Gasteiger partial charge on any atom is 0.255 e. The molecule has 2 aromatic carbocycles. The Morgan fingerprint density at radius 1 is 0.920 bits per heavy atom. The van der Waals surface area contributed by atoms with Gasteiger partial charge in [0.1, 0.15) is 0 Å². The molecule has 0 atom stereocenters. The molecule has 0 spiro atoms. The van der Waals surface area contributed by atoms with E-state index in [0.29, 0.717) is 23.4 Å². The van der Waals surface area contributed by atoms with Gasteiger partial charge in [0, 0.05) is 23.4 Å². The van der Waals surface area contributed by atoms with Gasteiger partial charge in [-0.1, -0.05) is 45.9 Å². The standard InChI is InChI=1S/C21H26N2O2/c1-6-19(24)22-17-8-7-9-18(14(17)2)23-20(25)15-10-12-16(13-11-15)21(3,4)5/h7-13H,6H2,1-5H3,(H,22,24)(H,23,25). The second kappa shape index (κ2) is 7.51. The summed E-state index contributed by atoms with van der Waals surface area (Å²) >= 11 is 0. The lowest BCUT2D eigenvalue weighted by Crippen LogP contribution is -2.16. The second-order valence-electron chi connectivity index (χ2n) is 7.16. The number of rotatable bonds is 4. The van der Waals surface area contributed by atoms with Crippen molar-refractivity contribution in [1.82, 2.24) is 0 Å². The highest BCUT2D eigenvalue weighted by molar-refractivity contribution is 6.05. The van der Waals surface area contributed by atoms with E-state index in [1.165, 1.54) is 5.56 Å². The van der Waals surface area contributed by atoms with Gasteiger partial charge >= 0.3 is 0 Å². The van der Waals surface area contributed by atoms with Crippen molar-refractivity contribution in [2.45, 2.75) is 46.5 Å². The third kappa shape index (κ3) is 4.69. The Labute approximate surface area is 149 Å². The van der Waals surface area contributed by atoms with Gasteiger partial charge in [-0.3, -0.25) is 9.59 Å². The van der Waals surface area contributed by atoms with Gasteiger partial charge in [-0.25, -0.2) is 0 Å². The van der Waals surface area contributed by atoms with E-state index in [0.717, 1.165) is 5.56 Å². The summed E-state index contributed by atoms with van der Waals surface area (Å²) in [6.07, 6.45) is 0.413. The number of benzene rings is 2. The zero-order chi connectivity index (χ0) is 18.6. The zero-order valence-electron chi connectivity index (χ0n) is 15.6. The molecule has 0 unspecified atom stereocenters. The number of anilines is 2. The van der Waals surface area contributed by atoms with E-state index >= 15 is 0 Å². The van der Waals surface area contributed by atoms with Crippen LogP contribution in [0.4, 0.5) is 11.4 Å². The quantitative estimate of drug-likeness (QED) is 0.833. The van der Waals surface area contributed by atoms with Gasteiger partial charge in [0.2, 0.25) is 5.91 Å². The van der Waals surface area contributed by atoms with E-state index in [-0.39, 0.29) is 17.2 Å². The molecule has 0 aliphatic heterocycles. The average Bonchev–Trinajstić information content (AvgIpc) is 2.57. The largest absolute Gasteiger partial charge is 0.326 e. The van der Waals surface area contributed by atoms with Crippen LogP contribution in [-0.2, 0) is 10.2 Å². The molecule has 0 radical (unpaired) electrons. The number of nitrogens with one attached hydrogen (secondary N) is 2. The van der Waals surface area contributed by atoms with Crippen molar-refractivity contribution < 1.29 is 9.59 Å². The third-order valence-corrected chi connectivity index (χ3v) is 4.19. The van der Waals surface area contributed by atoms with Crippen LogP contribution in [0.5, 0.6) is 0 Å². The Morgan fingerprint density at radius 3 is 2.00 bits per heavy atom. The third-order valence-electron chi connectivity index (χ3n) is 4.19. The molecular formula is C21H26N2O2. The smallest absolute Gasteiger partial charge is 0.255 e. The lowest BCUT2D eigenvalue weighted by molar-refractivity contribution is -0.115. The molecule has 0 saturated heterocycles. The summed E-state index contributed by atoms with van der Waals surface area (Å²) < 4.78 is 0. The van der Waals surface area contributed by atoms with Crippen LogP contribution in [0.15, 0.2) is 42.5 Å². The van der Waals surface area contributed by atoms with Gasteiger partial charge in [-0.2, -0.15) is 0 Å². The predicted octanol–water partition coefficient (Wildman–Crippen LogP) is 4.89. The summed E-state index contributed by atoms with van der Waals surface area (Å²) in [6, 6.07) is 13.1. The van der Waals surface area contributed by atoms with E-state index in [4.69, 9.17) is 0 Å². The molecule has 2 rings (SSSR count). The van der Waals surface area contributed by atoms with Crippen molar-refractivity contribution in [2.24, 2.45) is 0 Å². The van der Waals surface area contributed by atoms with Crippen LogP contribution in [0.3, 0.4) is 0 Å². The molecule has 0 aromatic heterocycles. The van der Waals surface area contributed by atoms with Crippen molar-refractivity contribution in [3.8, 4) is 0 Å². The second-order valence-corrected chi connectivity index (χ2v) is 7.16. The lowest BCUT2D eigenvalue weighted by Gasteiger charge is -2.19. The van der Waals surface area contributed by atoms with Crippen LogP contribution in [-0.4, -0.2) is 11.8 Å². The molecule has 2 amide bonds. The van der Waals surface area contributed by atoms with Crippen molar-refractivity contribution in [3.05, 3.63) is 59.2 Å². The molecular weight excluding hydrogens is 312 g/mol. The fourth-order valence-corrected chi connectivity index (χ4v) is 2.46. The Bertz CT molecular complexity index is 771. The topological polar surface area (TPSA) is 58.2 Å². The van der Waals surface area contributed by atoms with Gasteiger partial charge in [0.15, 0.2) is 0 Å². The van der Waals surface area contributed by atoms with E-state index in [9.17, 15) is 9.59 Å². The molecule has 132 valence electrons. The minimum absolute atomic E-state index is 0.0515. The number of hydrogen-bond acceptors (Lipinski definition) is 2. The van der Waals surface area contributed by atoms with Crippen molar-refractivity contribution in [3.63, 3.8) is 0 Å². The summed E-state index contributed by atoms with van der Waals surface area (Å²) in [6.45, 7) is 10.1. The first-order valence-electron chi connectivity index (χ1n) is 8.53. The minimum Gasteiger partial charge on any atom is -0.326 e. The summed E-state index contributed by atoms with van der Waals surface area (Å²) in [5.41, 5.74) is 4.09. The van der Waals surface area contributed by atoms with Crippen molar-refractivity contribution in [2.75, 3.05) is 10.6 Å². The first-order chi connectivity index (χ1) is 11.7. The highest BCUT2D eigenvalue weighted by atomic mass is 16.2. The van der Waals surface area contributed by atoms with E-state index < -0.39 is 0 Å². The van der Waals surface area contributed by atoms with Gasteiger partial charge in [0.25, 0.3) is 5.91 Å². The van der Waals surface area contributed by atoms with Gasteiger partial charge < -0.3 is 10.6 Å². The van der Waals surface area contributed by atoms with Gasteiger partial charge in [-0.05, 0) is 47.7 Å². The van der Waals surface area contributed by atoms with E-state index in [2.05, 4.69) is 31.4 Å². The molecule has 4 heteroatoms. The Kier molecular flexibility index (Phi) is 5.62. The SMILES string of the molecule is CCC(=O)Nc1cccc(NC(=O)c2ccc(C(C)(C)C)cc2)c1C. The molecule has 0 saturated carbocycles. The highest BCUT2D eigenvalue weighted by Crippen LogP contribution is 2.25. The molecule has 0 aliphatic rings. The van der Waals surface area contributed by atoms with Crippen molar-refractivity contribution >= 4 is 23.2 Å². The van der Waals surface area contributed by atoms with Crippen LogP contribution in [0, 0.1) is 6.92 Å². The lowest BCUT2D eigenvalue weighted by atomic mass is 9.86. The molecule has 0 heterocycles. The Hall–Kier alpha value is -2.62. The molecule has 0 fully saturated rings. The van der Waals surface area contributed by atoms with Crippen LogP contribution in [0.2, 0.25) is 0 Å². The van der Waals surface area contributed by atoms with Crippen LogP contribution < -0.4 is 10.6 Å². The minimum atomic E-state index is -0.164. The Balaban J connectivity index is 2.18. The van der Waals surface area contributed by atoms with Crippen LogP contribution in [0.25, 0.3) is 0 Å². The number of carbonyl (C=O) groups excluding carboxylic acids is 2. The first kappa shape index (κ1) is 18.7. The fraction of sp³-hybridized carbons (Fsp3) is 0.333. The fourth-order valence-electron chi connectivity index (χ4n) is 2.46. The molecule has 2 aromatic rings. The molecule has 0 aliphatic carbocycles. The maximum absolute atomic E-state index is 12.5. The predicted molar refractivity (Wildman–Crippen MR) is 103 cm³/mol. The summed E-state index contributed by atoms with van der Waals surface area (Å²) in [7, 11) is 0. The number of hydrogen-bond donors (Lipinski definition) is 2. The summed E-state index contributed by atoms with van der Waals surface area (Å²) in [5.74, 6) is -0.216. The normalized spacial score (nSPS) is 11.1. The average molecular weight is 338 g/mol. The summed E-state index contributed by atoms with van der Waals surface area (Å²) in [4.78, 5) is 24.1.